The molecule has 0 bridgehead atoms. The summed E-state index contributed by atoms with van der Waals surface area (Å²) in [6.45, 7) is 0. The second-order valence-electron chi connectivity index (χ2n) is 5.22. The predicted molar refractivity (Wildman–Crippen MR) is 95.4 cm³/mol. The fourth-order valence-corrected chi connectivity index (χ4v) is 2.42. The fraction of sp³-hybridized carbons (Fsp3) is 0. The third-order valence-corrected chi connectivity index (χ3v) is 3.59. The van der Waals surface area contributed by atoms with E-state index in [-0.39, 0.29) is 5.82 Å². The highest BCUT2D eigenvalue weighted by atomic mass is 19.1. The molecule has 0 fully saturated rings. The summed E-state index contributed by atoms with van der Waals surface area (Å²) < 4.78 is 12.9. The van der Waals surface area contributed by atoms with Gasteiger partial charge in [-0.15, -0.1) is 0 Å². The van der Waals surface area contributed by atoms with E-state index in [1.165, 1.54) is 23.3 Å². The maximum atomic E-state index is 12.9. The smallest absolute Gasteiger partial charge is 0.123 e. The van der Waals surface area contributed by atoms with Gasteiger partial charge in [0.1, 0.15) is 5.82 Å². The van der Waals surface area contributed by atoms with Crippen molar-refractivity contribution in [3.05, 3.63) is 120 Å². The quantitative estimate of drug-likeness (QED) is 0.521. The Labute approximate surface area is 136 Å². The van der Waals surface area contributed by atoms with Crippen molar-refractivity contribution in [1.29, 1.82) is 0 Å². The molecule has 3 aromatic carbocycles. The van der Waals surface area contributed by atoms with E-state index in [9.17, 15) is 4.39 Å². The molecular formula is C22H17F. The van der Waals surface area contributed by atoms with Crippen molar-refractivity contribution in [3.8, 4) is 0 Å². The van der Waals surface area contributed by atoms with E-state index in [0.717, 1.165) is 11.1 Å². The number of rotatable bonds is 4. The van der Waals surface area contributed by atoms with Crippen LogP contribution in [0.1, 0.15) is 16.7 Å². The van der Waals surface area contributed by atoms with Crippen LogP contribution in [0.5, 0.6) is 0 Å². The van der Waals surface area contributed by atoms with Crippen LogP contribution in [0.4, 0.5) is 4.39 Å². The lowest BCUT2D eigenvalue weighted by molar-refractivity contribution is 0.628. The largest absolute Gasteiger partial charge is 0.207 e. The predicted octanol–water partition coefficient (Wildman–Crippen LogP) is 5.97. The van der Waals surface area contributed by atoms with Crippen LogP contribution in [0.25, 0.3) is 11.6 Å². The summed E-state index contributed by atoms with van der Waals surface area (Å²) in [7, 11) is 0. The number of hydrogen-bond acceptors (Lipinski definition) is 0. The standard InChI is InChI=1S/C22H17F/c23-21-16-14-18(15-17-21)8-7-13-22(19-9-3-1-4-10-19)20-11-5-2-6-12-20/h1-17H/b8-7+. The molecule has 0 saturated heterocycles. The highest BCUT2D eigenvalue weighted by Gasteiger charge is 2.02. The number of benzene rings is 3. The normalized spacial score (nSPS) is 10.7. The lowest BCUT2D eigenvalue weighted by atomic mass is 9.97. The molecular weight excluding hydrogens is 283 g/mol. The molecule has 0 atom stereocenters. The minimum Gasteiger partial charge on any atom is -0.207 e. The molecule has 0 radical (unpaired) electrons. The average molecular weight is 300 g/mol. The number of hydrogen-bond donors (Lipinski definition) is 0. The summed E-state index contributed by atoms with van der Waals surface area (Å²) in [6.07, 6.45) is 6.07. The molecule has 3 aromatic rings. The van der Waals surface area contributed by atoms with Crippen molar-refractivity contribution in [2.24, 2.45) is 0 Å². The van der Waals surface area contributed by atoms with E-state index in [2.05, 4.69) is 30.3 Å². The Morgan fingerprint density at radius 2 is 1.17 bits per heavy atom. The zero-order valence-corrected chi connectivity index (χ0v) is 12.7. The minimum atomic E-state index is -0.216. The topological polar surface area (TPSA) is 0 Å². The summed E-state index contributed by atoms with van der Waals surface area (Å²) in [5, 5.41) is 0. The first-order valence-electron chi connectivity index (χ1n) is 7.58. The Morgan fingerprint density at radius 3 is 1.70 bits per heavy atom. The van der Waals surface area contributed by atoms with Gasteiger partial charge < -0.3 is 0 Å². The average Bonchev–Trinajstić information content (AvgIpc) is 2.62. The molecule has 1 heteroatoms. The van der Waals surface area contributed by atoms with E-state index in [4.69, 9.17) is 0 Å². The highest BCUT2D eigenvalue weighted by Crippen LogP contribution is 2.23. The van der Waals surface area contributed by atoms with Gasteiger partial charge in [0.25, 0.3) is 0 Å². The Morgan fingerprint density at radius 1 is 0.652 bits per heavy atom. The molecule has 0 spiro atoms. The number of allylic oxidation sites excluding steroid dienone is 2. The maximum absolute atomic E-state index is 12.9. The molecule has 0 aliphatic rings. The van der Waals surface area contributed by atoms with E-state index < -0.39 is 0 Å². The van der Waals surface area contributed by atoms with Gasteiger partial charge in [-0.2, -0.15) is 0 Å². The lowest BCUT2D eigenvalue weighted by Crippen LogP contribution is -1.86. The second-order valence-corrected chi connectivity index (χ2v) is 5.22. The molecule has 0 saturated carbocycles. The molecule has 0 unspecified atom stereocenters. The van der Waals surface area contributed by atoms with Crippen LogP contribution in [0.3, 0.4) is 0 Å². The maximum Gasteiger partial charge on any atom is 0.123 e. The van der Waals surface area contributed by atoms with Gasteiger partial charge in [-0.3, -0.25) is 0 Å². The molecule has 0 nitrogen and oxygen atoms in total. The van der Waals surface area contributed by atoms with Crippen molar-refractivity contribution in [2.45, 2.75) is 0 Å². The zero-order chi connectivity index (χ0) is 15.9. The molecule has 0 N–H and O–H groups in total. The lowest BCUT2D eigenvalue weighted by Gasteiger charge is -2.07. The third kappa shape index (κ3) is 4.04. The van der Waals surface area contributed by atoms with Crippen molar-refractivity contribution < 1.29 is 4.39 Å². The fourth-order valence-electron chi connectivity index (χ4n) is 2.42. The van der Waals surface area contributed by atoms with Gasteiger partial charge in [-0.25, -0.2) is 4.39 Å². The van der Waals surface area contributed by atoms with E-state index >= 15 is 0 Å². The Hall–Kier alpha value is -2.93. The highest BCUT2D eigenvalue weighted by molar-refractivity contribution is 5.81. The summed E-state index contributed by atoms with van der Waals surface area (Å²) >= 11 is 0. The van der Waals surface area contributed by atoms with Crippen LogP contribution < -0.4 is 0 Å². The summed E-state index contributed by atoms with van der Waals surface area (Å²) in [6, 6.07) is 27.1. The van der Waals surface area contributed by atoms with Crippen molar-refractivity contribution in [2.75, 3.05) is 0 Å². The van der Waals surface area contributed by atoms with Gasteiger partial charge in [-0.05, 0) is 34.4 Å². The molecule has 0 aliphatic heterocycles. The Kier molecular flexibility index (Phi) is 4.80. The van der Waals surface area contributed by atoms with E-state index in [1.54, 1.807) is 12.1 Å². The van der Waals surface area contributed by atoms with E-state index in [0.29, 0.717) is 0 Å². The molecule has 0 aliphatic carbocycles. The first-order valence-corrected chi connectivity index (χ1v) is 7.58. The summed E-state index contributed by atoms with van der Waals surface area (Å²) in [4.78, 5) is 0. The van der Waals surface area contributed by atoms with Crippen LogP contribution in [0.2, 0.25) is 0 Å². The van der Waals surface area contributed by atoms with Crippen LogP contribution in [-0.2, 0) is 0 Å². The number of halogens is 1. The summed E-state index contributed by atoms with van der Waals surface area (Å²) in [5.41, 5.74) is 4.47. The molecule has 0 heterocycles. The summed E-state index contributed by atoms with van der Waals surface area (Å²) in [5.74, 6) is -0.216. The van der Waals surface area contributed by atoms with Crippen LogP contribution in [0.15, 0.2) is 97.1 Å². The SMILES string of the molecule is Fc1ccc(/C=C/C=C(c2ccccc2)c2ccccc2)cc1. The van der Waals surface area contributed by atoms with Gasteiger partial charge in [0, 0.05) is 0 Å². The Bertz CT molecular complexity index is 756. The van der Waals surface area contributed by atoms with Gasteiger partial charge in [0.05, 0.1) is 0 Å². The van der Waals surface area contributed by atoms with Crippen molar-refractivity contribution in [3.63, 3.8) is 0 Å². The molecule has 0 amide bonds. The molecule has 112 valence electrons. The minimum absolute atomic E-state index is 0.216. The third-order valence-electron chi connectivity index (χ3n) is 3.59. The van der Waals surface area contributed by atoms with Gasteiger partial charge in [0.2, 0.25) is 0 Å². The first-order chi connectivity index (χ1) is 11.3. The zero-order valence-electron chi connectivity index (χ0n) is 12.7. The van der Waals surface area contributed by atoms with Gasteiger partial charge >= 0.3 is 0 Å². The molecule has 23 heavy (non-hydrogen) atoms. The first kappa shape index (κ1) is 15.0. The van der Waals surface area contributed by atoms with Gasteiger partial charge in [-0.1, -0.05) is 91.0 Å². The molecule has 0 aromatic heterocycles. The van der Waals surface area contributed by atoms with Gasteiger partial charge in [0.15, 0.2) is 0 Å². The Balaban J connectivity index is 1.93. The van der Waals surface area contributed by atoms with Crippen molar-refractivity contribution >= 4 is 11.6 Å². The van der Waals surface area contributed by atoms with Crippen LogP contribution >= 0.6 is 0 Å². The van der Waals surface area contributed by atoms with Crippen molar-refractivity contribution in [1.82, 2.24) is 0 Å². The van der Waals surface area contributed by atoms with E-state index in [1.807, 2.05) is 48.6 Å². The second kappa shape index (κ2) is 7.37. The molecule has 3 rings (SSSR count). The monoisotopic (exact) mass is 300 g/mol. The van der Waals surface area contributed by atoms with Crippen LogP contribution in [-0.4, -0.2) is 0 Å². The van der Waals surface area contributed by atoms with Crippen LogP contribution in [0, 0.1) is 5.82 Å².